The van der Waals surface area contributed by atoms with Gasteiger partial charge >= 0.3 is 0 Å². The SMILES string of the molecule is COc1cccc(NCC2(C)CCOCC2)n1. The molecule has 2 heterocycles. The fraction of sp³-hybridized carbons (Fsp3) is 0.615. The monoisotopic (exact) mass is 236 g/mol. The standard InChI is InChI=1S/C13H20N2O2/c1-13(6-8-17-9-7-13)10-14-11-4-3-5-12(15-11)16-2/h3-5H,6-10H2,1-2H3,(H,14,15). The predicted octanol–water partition coefficient (Wildman–Crippen LogP) is 2.32. The summed E-state index contributed by atoms with van der Waals surface area (Å²) in [6.45, 7) is 4.95. The third-order valence-electron chi connectivity index (χ3n) is 3.33. The fourth-order valence-electron chi connectivity index (χ4n) is 1.97. The number of aromatic nitrogens is 1. The summed E-state index contributed by atoms with van der Waals surface area (Å²) in [5.74, 6) is 1.52. The molecule has 1 aromatic rings. The van der Waals surface area contributed by atoms with Crippen LogP contribution < -0.4 is 10.1 Å². The average Bonchev–Trinajstić information content (AvgIpc) is 2.38. The molecule has 0 aliphatic carbocycles. The number of ether oxygens (including phenoxy) is 2. The largest absolute Gasteiger partial charge is 0.481 e. The van der Waals surface area contributed by atoms with Crippen molar-refractivity contribution >= 4 is 5.82 Å². The third-order valence-corrected chi connectivity index (χ3v) is 3.33. The molecular weight excluding hydrogens is 216 g/mol. The van der Waals surface area contributed by atoms with Gasteiger partial charge in [0, 0.05) is 25.8 Å². The second kappa shape index (κ2) is 5.36. The van der Waals surface area contributed by atoms with Crippen LogP contribution in [0.15, 0.2) is 18.2 Å². The molecule has 94 valence electrons. The molecule has 0 amide bonds. The van der Waals surface area contributed by atoms with E-state index in [-0.39, 0.29) is 0 Å². The Kier molecular flexibility index (Phi) is 3.84. The lowest BCUT2D eigenvalue weighted by atomic mass is 9.82. The molecule has 0 unspecified atom stereocenters. The maximum absolute atomic E-state index is 5.39. The quantitative estimate of drug-likeness (QED) is 0.871. The Balaban J connectivity index is 1.92. The van der Waals surface area contributed by atoms with Gasteiger partial charge in [-0.3, -0.25) is 0 Å². The summed E-state index contributed by atoms with van der Waals surface area (Å²) in [4.78, 5) is 4.34. The minimum atomic E-state index is 0.309. The van der Waals surface area contributed by atoms with Crippen LogP contribution in [-0.2, 0) is 4.74 Å². The van der Waals surface area contributed by atoms with Crippen LogP contribution in [0.4, 0.5) is 5.82 Å². The highest BCUT2D eigenvalue weighted by Crippen LogP contribution is 2.29. The third kappa shape index (κ3) is 3.33. The molecule has 0 spiro atoms. The lowest BCUT2D eigenvalue weighted by Gasteiger charge is -2.33. The van der Waals surface area contributed by atoms with Crippen molar-refractivity contribution < 1.29 is 9.47 Å². The minimum absolute atomic E-state index is 0.309. The van der Waals surface area contributed by atoms with Crippen molar-refractivity contribution in [2.75, 3.05) is 32.2 Å². The first-order valence-electron chi connectivity index (χ1n) is 6.05. The molecule has 0 saturated carbocycles. The average molecular weight is 236 g/mol. The molecule has 0 aromatic carbocycles. The summed E-state index contributed by atoms with van der Waals surface area (Å²) in [7, 11) is 1.63. The van der Waals surface area contributed by atoms with E-state index in [0.717, 1.165) is 38.4 Å². The van der Waals surface area contributed by atoms with Crippen LogP contribution >= 0.6 is 0 Å². The summed E-state index contributed by atoms with van der Waals surface area (Å²) in [5, 5.41) is 3.38. The van der Waals surface area contributed by atoms with E-state index in [1.165, 1.54) is 0 Å². The number of nitrogens with zero attached hydrogens (tertiary/aromatic N) is 1. The molecule has 2 rings (SSSR count). The molecule has 0 bridgehead atoms. The smallest absolute Gasteiger partial charge is 0.214 e. The fourth-order valence-corrected chi connectivity index (χ4v) is 1.97. The van der Waals surface area contributed by atoms with Crippen molar-refractivity contribution in [1.82, 2.24) is 4.98 Å². The number of pyridine rings is 1. The Labute approximate surface area is 102 Å². The molecule has 1 aromatic heterocycles. The van der Waals surface area contributed by atoms with Gasteiger partial charge in [0.2, 0.25) is 5.88 Å². The van der Waals surface area contributed by atoms with Gasteiger partial charge in [-0.25, -0.2) is 0 Å². The molecule has 1 aliphatic heterocycles. The van der Waals surface area contributed by atoms with E-state index in [2.05, 4.69) is 17.2 Å². The molecular formula is C13H20N2O2. The van der Waals surface area contributed by atoms with E-state index in [4.69, 9.17) is 9.47 Å². The molecule has 4 heteroatoms. The van der Waals surface area contributed by atoms with Crippen LogP contribution in [0.2, 0.25) is 0 Å². The number of nitrogens with one attached hydrogen (secondary N) is 1. The van der Waals surface area contributed by atoms with Gasteiger partial charge < -0.3 is 14.8 Å². The van der Waals surface area contributed by atoms with Crippen molar-refractivity contribution in [3.05, 3.63) is 18.2 Å². The summed E-state index contributed by atoms with van der Waals surface area (Å²) in [5.41, 5.74) is 0.309. The predicted molar refractivity (Wildman–Crippen MR) is 67.4 cm³/mol. The maximum Gasteiger partial charge on any atom is 0.214 e. The van der Waals surface area contributed by atoms with Crippen molar-refractivity contribution in [3.63, 3.8) is 0 Å². The first-order chi connectivity index (χ1) is 8.22. The highest BCUT2D eigenvalue weighted by molar-refractivity contribution is 5.37. The van der Waals surface area contributed by atoms with Crippen LogP contribution in [0.3, 0.4) is 0 Å². The van der Waals surface area contributed by atoms with E-state index < -0.39 is 0 Å². The maximum atomic E-state index is 5.39. The van der Waals surface area contributed by atoms with Gasteiger partial charge in [-0.05, 0) is 24.3 Å². The molecule has 0 atom stereocenters. The highest BCUT2D eigenvalue weighted by atomic mass is 16.5. The molecule has 1 fully saturated rings. The molecule has 17 heavy (non-hydrogen) atoms. The zero-order chi connectivity index (χ0) is 12.1. The van der Waals surface area contributed by atoms with Gasteiger partial charge in [-0.15, -0.1) is 0 Å². The van der Waals surface area contributed by atoms with Gasteiger partial charge in [0.15, 0.2) is 0 Å². The normalized spacial score (nSPS) is 18.7. The van der Waals surface area contributed by atoms with E-state index in [1.807, 2.05) is 18.2 Å². The number of hydrogen-bond acceptors (Lipinski definition) is 4. The zero-order valence-electron chi connectivity index (χ0n) is 10.5. The molecule has 4 nitrogen and oxygen atoms in total. The summed E-state index contributed by atoms with van der Waals surface area (Å²) >= 11 is 0. The topological polar surface area (TPSA) is 43.4 Å². The lowest BCUT2D eigenvalue weighted by molar-refractivity contribution is 0.0299. The van der Waals surface area contributed by atoms with Crippen LogP contribution in [-0.4, -0.2) is 31.9 Å². The zero-order valence-corrected chi connectivity index (χ0v) is 10.5. The van der Waals surface area contributed by atoms with E-state index in [0.29, 0.717) is 11.3 Å². The summed E-state index contributed by atoms with van der Waals surface area (Å²) in [6, 6.07) is 5.76. The van der Waals surface area contributed by atoms with Gasteiger partial charge in [-0.2, -0.15) is 4.98 Å². The van der Waals surface area contributed by atoms with Crippen LogP contribution in [0.1, 0.15) is 19.8 Å². The van der Waals surface area contributed by atoms with Gasteiger partial charge in [-0.1, -0.05) is 13.0 Å². The molecule has 1 saturated heterocycles. The van der Waals surface area contributed by atoms with E-state index in [9.17, 15) is 0 Å². The van der Waals surface area contributed by atoms with Crippen molar-refractivity contribution in [3.8, 4) is 5.88 Å². The highest BCUT2D eigenvalue weighted by Gasteiger charge is 2.27. The number of hydrogen-bond donors (Lipinski definition) is 1. The minimum Gasteiger partial charge on any atom is -0.481 e. The van der Waals surface area contributed by atoms with Crippen molar-refractivity contribution in [2.45, 2.75) is 19.8 Å². The number of methoxy groups -OCH3 is 1. The van der Waals surface area contributed by atoms with E-state index >= 15 is 0 Å². The van der Waals surface area contributed by atoms with Gasteiger partial charge in [0.05, 0.1) is 7.11 Å². The Bertz CT molecular complexity index is 362. The number of rotatable bonds is 4. The summed E-state index contributed by atoms with van der Waals surface area (Å²) < 4.78 is 10.5. The van der Waals surface area contributed by atoms with Crippen LogP contribution in [0, 0.1) is 5.41 Å². The van der Waals surface area contributed by atoms with Gasteiger partial charge in [0.1, 0.15) is 5.82 Å². The summed E-state index contributed by atoms with van der Waals surface area (Å²) in [6.07, 6.45) is 2.20. The molecule has 1 N–H and O–H groups in total. The van der Waals surface area contributed by atoms with Crippen LogP contribution in [0.5, 0.6) is 5.88 Å². The van der Waals surface area contributed by atoms with Crippen molar-refractivity contribution in [2.24, 2.45) is 5.41 Å². The lowest BCUT2D eigenvalue weighted by Crippen LogP contribution is -2.33. The first-order valence-corrected chi connectivity index (χ1v) is 6.05. The second-order valence-electron chi connectivity index (χ2n) is 4.84. The Morgan fingerprint density at radius 1 is 1.41 bits per heavy atom. The first kappa shape index (κ1) is 12.2. The van der Waals surface area contributed by atoms with E-state index in [1.54, 1.807) is 7.11 Å². The van der Waals surface area contributed by atoms with Gasteiger partial charge in [0.25, 0.3) is 0 Å². The number of anilines is 1. The Morgan fingerprint density at radius 3 is 2.88 bits per heavy atom. The Morgan fingerprint density at radius 2 is 2.18 bits per heavy atom. The second-order valence-corrected chi connectivity index (χ2v) is 4.84. The molecule has 0 radical (unpaired) electrons. The van der Waals surface area contributed by atoms with Crippen LogP contribution in [0.25, 0.3) is 0 Å². The molecule has 1 aliphatic rings. The van der Waals surface area contributed by atoms with Crippen molar-refractivity contribution in [1.29, 1.82) is 0 Å². The Hall–Kier alpha value is -1.29.